The zero-order valence-corrected chi connectivity index (χ0v) is 13.5. The minimum atomic E-state index is -4.48. The second kappa shape index (κ2) is 7.86. The second-order valence-corrected chi connectivity index (χ2v) is 5.22. The molecule has 0 radical (unpaired) electrons. The number of carbonyl (C=O) groups is 3. The molecule has 3 nitrogen and oxygen atoms in total. The van der Waals surface area contributed by atoms with Crippen molar-refractivity contribution in [2.75, 3.05) is 0 Å². The SMILES string of the molecule is C/C=C(/C(=O)/C=C/c1cccc(C(F)(F)F)c1)C(=O)C(C)C(C)=O. The summed E-state index contributed by atoms with van der Waals surface area (Å²) in [5, 5.41) is 0. The lowest BCUT2D eigenvalue weighted by atomic mass is 9.93. The first-order chi connectivity index (χ1) is 11.1. The number of hydrogen-bond acceptors (Lipinski definition) is 3. The average Bonchev–Trinajstić information content (AvgIpc) is 2.52. The van der Waals surface area contributed by atoms with Crippen LogP contribution in [0.3, 0.4) is 0 Å². The molecule has 1 aromatic carbocycles. The van der Waals surface area contributed by atoms with Gasteiger partial charge < -0.3 is 0 Å². The molecule has 128 valence electrons. The van der Waals surface area contributed by atoms with E-state index in [0.29, 0.717) is 0 Å². The molecule has 1 atom stereocenters. The summed E-state index contributed by atoms with van der Waals surface area (Å²) in [7, 11) is 0. The molecule has 0 aliphatic heterocycles. The van der Waals surface area contributed by atoms with Gasteiger partial charge in [0.05, 0.1) is 17.1 Å². The van der Waals surface area contributed by atoms with E-state index in [9.17, 15) is 27.6 Å². The highest BCUT2D eigenvalue weighted by molar-refractivity contribution is 6.28. The maximum absolute atomic E-state index is 12.6. The van der Waals surface area contributed by atoms with Gasteiger partial charge in [0.2, 0.25) is 0 Å². The van der Waals surface area contributed by atoms with E-state index in [-0.39, 0.29) is 16.9 Å². The molecular weight excluding hydrogens is 321 g/mol. The van der Waals surface area contributed by atoms with Gasteiger partial charge in [0.25, 0.3) is 0 Å². The van der Waals surface area contributed by atoms with Crippen molar-refractivity contribution in [1.82, 2.24) is 0 Å². The highest BCUT2D eigenvalue weighted by Crippen LogP contribution is 2.29. The molecule has 1 aromatic rings. The van der Waals surface area contributed by atoms with Crippen LogP contribution < -0.4 is 0 Å². The molecule has 6 heteroatoms. The maximum Gasteiger partial charge on any atom is 0.416 e. The van der Waals surface area contributed by atoms with Crippen LogP contribution in [0.15, 0.2) is 42.0 Å². The largest absolute Gasteiger partial charge is 0.416 e. The van der Waals surface area contributed by atoms with Crippen LogP contribution in [0.4, 0.5) is 13.2 Å². The molecule has 1 rings (SSSR count). The van der Waals surface area contributed by atoms with Gasteiger partial charge in [0, 0.05) is 0 Å². The number of allylic oxidation sites excluding steroid dienone is 3. The summed E-state index contributed by atoms with van der Waals surface area (Å²) < 4.78 is 37.9. The maximum atomic E-state index is 12.6. The van der Waals surface area contributed by atoms with E-state index in [1.54, 1.807) is 0 Å². The van der Waals surface area contributed by atoms with Crippen LogP contribution in [0.25, 0.3) is 6.08 Å². The number of carbonyl (C=O) groups excluding carboxylic acids is 3. The van der Waals surface area contributed by atoms with Gasteiger partial charge in [-0.1, -0.05) is 24.3 Å². The number of hydrogen-bond donors (Lipinski definition) is 0. The van der Waals surface area contributed by atoms with Crippen molar-refractivity contribution in [3.8, 4) is 0 Å². The molecule has 24 heavy (non-hydrogen) atoms. The van der Waals surface area contributed by atoms with Crippen molar-refractivity contribution in [1.29, 1.82) is 0 Å². The average molecular weight is 338 g/mol. The van der Waals surface area contributed by atoms with E-state index in [0.717, 1.165) is 18.2 Å². The lowest BCUT2D eigenvalue weighted by Gasteiger charge is -2.08. The number of alkyl halides is 3. The fraction of sp³-hybridized carbons (Fsp3) is 0.278. The monoisotopic (exact) mass is 338 g/mol. The molecule has 0 saturated carbocycles. The predicted octanol–water partition coefficient (Wildman–Crippen LogP) is 4.03. The smallest absolute Gasteiger partial charge is 0.299 e. The third kappa shape index (κ3) is 5.01. The van der Waals surface area contributed by atoms with E-state index in [2.05, 4.69) is 0 Å². The number of benzene rings is 1. The standard InChI is InChI=1S/C18H17F3O3/c1-4-15(17(24)11(2)12(3)22)16(23)9-8-13-6-5-7-14(10-13)18(19,20)21/h4-11H,1-3H3/b9-8+,15-4-. The molecule has 0 bridgehead atoms. The highest BCUT2D eigenvalue weighted by Gasteiger charge is 2.30. The van der Waals surface area contributed by atoms with Gasteiger partial charge in [0.15, 0.2) is 11.6 Å². The third-order valence-electron chi connectivity index (χ3n) is 3.46. The summed E-state index contributed by atoms with van der Waals surface area (Å²) in [6, 6.07) is 4.47. The fourth-order valence-electron chi connectivity index (χ4n) is 1.90. The Morgan fingerprint density at radius 1 is 1.17 bits per heavy atom. The van der Waals surface area contributed by atoms with E-state index in [1.807, 2.05) is 0 Å². The van der Waals surface area contributed by atoms with Crippen LogP contribution in [0.1, 0.15) is 31.9 Å². The van der Waals surface area contributed by atoms with Crippen LogP contribution in [-0.4, -0.2) is 17.3 Å². The lowest BCUT2D eigenvalue weighted by molar-refractivity contribution is -0.137. The summed E-state index contributed by atoms with van der Waals surface area (Å²) in [6.07, 6.45) is -0.960. The summed E-state index contributed by atoms with van der Waals surface area (Å²) in [4.78, 5) is 35.4. The molecule has 0 spiro atoms. The lowest BCUT2D eigenvalue weighted by Crippen LogP contribution is -2.23. The Labute approximate surface area is 137 Å². The fourth-order valence-corrected chi connectivity index (χ4v) is 1.90. The Morgan fingerprint density at radius 3 is 2.29 bits per heavy atom. The molecule has 0 fully saturated rings. The molecule has 0 aliphatic rings. The van der Waals surface area contributed by atoms with Crippen LogP contribution in [-0.2, 0) is 20.6 Å². The van der Waals surface area contributed by atoms with Crippen LogP contribution in [0.5, 0.6) is 0 Å². The van der Waals surface area contributed by atoms with Gasteiger partial charge in [-0.25, -0.2) is 0 Å². The molecule has 0 heterocycles. The molecule has 0 saturated heterocycles. The topological polar surface area (TPSA) is 51.2 Å². The van der Waals surface area contributed by atoms with Crippen molar-refractivity contribution in [3.05, 3.63) is 53.1 Å². The molecular formula is C18H17F3O3. The van der Waals surface area contributed by atoms with E-state index >= 15 is 0 Å². The Balaban J connectivity index is 3.00. The van der Waals surface area contributed by atoms with Crippen LogP contribution >= 0.6 is 0 Å². The Hall–Kier alpha value is -2.50. The Kier molecular flexibility index (Phi) is 6.40. The summed E-state index contributed by atoms with van der Waals surface area (Å²) in [5.41, 5.74) is -0.814. The first kappa shape index (κ1) is 19.5. The van der Waals surface area contributed by atoms with Gasteiger partial charge in [-0.15, -0.1) is 0 Å². The van der Waals surface area contributed by atoms with Crippen molar-refractivity contribution in [2.24, 2.45) is 5.92 Å². The second-order valence-electron chi connectivity index (χ2n) is 5.22. The molecule has 0 amide bonds. The summed E-state index contributed by atoms with van der Waals surface area (Å²) in [6.45, 7) is 4.13. The minimum absolute atomic E-state index is 0.166. The van der Waals surface area contributed by atoms with Crippen molar-refractivity contribution < 1.29 is 27.6 Å². The number of rotatable bonds is 6. The third-order valence-corrected chi connectivity index (χ3v) is 3.46. The summed E-state index contributed by atoms with van der Waals surface area (Å²) >= 11 is 0. The van der Waals surface area contributed by atoms with Crippen molar-refractivity contribution in [3.63, 3.8) is 0 Å². The van der Waals surface area contributed by atoms with Gasteiger partial charge >= 0.3 is 6.18 Å². The molecule has 0 aromatic heterocycles. The Morgan fingerprint density at radius 2 is 1.79 bits per heavy atom. The van der Waals surface area contributed by atoms with Gasteiger partial charge in [-0.05, 0) is 44.5 Å². The van der Waals surface area contributed by atoms with E-state index in [1.165, 1.54) is 45.1 Å². The highest BCUT2D eigenvalue weighted by atomic mass is 19.4. The molecule has 0 aliphatic carbocycles. The minimum Gasteiger partial charge on any atom is -0.299 e. The van der Waals surface area contributed by atoms with Gasteiger partial charge in [0.1, 0.15) is 5.78 Å². The molecule has 0 N–H and O–H groups in total. The predicted molar refractivity (Wildman–Crippen MR) is 84.1 cm³/mol. The van der Waals surface area contributed by atoms with Crippen LogP contribution in [0.2, 0.25) is 0 Å². The normalized spacial score (nSPS) is 13.8. The number of ketones is 3. The first-order valence-electron chi connectivity index (χ1n) is 7.18. The Bertz CT molecular complexity index is 712. The number of Topliss-reactive ketones (excluding diaryl/α,β-unsaturated/α-hetero) is 2. The van der Waals surface area contributed by atoms with Crippen molar-refractivity contribution >= 4 is 23.4 Å². The van der Waals surface area contributed by atoms with Crippen molar-refractivity contribution in [2.45, 2.75) is 26.9 Å². The quantitative estimate of drug-likeness (QED) is 0.447. The van der Waals surface area contributed by atoms with E-state index < -0.39 is 29.2 Å². The first-order valence-corrected chi connectivity index (χ1v) is 7.18. The van der Waals surface area contributed by atoms with Crippen LogP contribution in [0, 0.1) is 5.92 Å². The molecule has 1 unspecified atom stereocenters. The van der Waals surface area contributed by atoms with Gasteiger partial charge in [-0.2, -0.15) is 13.2 Å². The summed E-state index contributed by atoms with van der Waals surface area (Å²) in [5.74, 6) is -2.58. The van der Waals surface area contributed by atoms with Gasteiger partial charge in [-0.3, -0.25) is 14.4 Å². The zero-order chi connectivity index (χ0) is 18.5. The zero-order valence-electron chi connectivity index (χ0n) is 13.5. The van der Waals surface area contributed by atoms with E-state index in [4.69, 9.17) is 0 Å². The number of halogens is 3.